The molecule has 2 heteroatoms. The number of aliphatic imine (C=N–C) groups is 1. The second-order valence-corrected chi connectivity index (χ2v) is 2.78. The average Bonchev–Trinajstić information content (AvgIpc) is 1.65. The molecule has 0 N–H and O–H groups in total. The fourth-order valence-corrected chi connectivity index (χ4v) is 0.723. The Labute approximate surface area is 63.3 Å². The number of halogens is 1. The van der Waals surface area contributed by atoms with Crippen LogP contribution in [-0.2, 0) is 0 Å². The number of hydrogen-bond acceptors (Lipinski definition) is 1. The van der Waals surface area contributed by atoms with E-state index < -0.39 is 0 Å². The molecule has 1 nitrogen and oxygen atoms in total. The molecule has 0 fully saturated rings. The summed E-state index contributed by atoms with van der Waals surface area (Å²) >= 11 is 2.12. The summed E-state index contributed by atoms with van der Waals surface area (Å²) in [6.45, 7) is 8.90. The Morgan fingerprint density at radius 3 is 2.38 bits per heavy atom. The zero-order valence-electron chi connectivity index (χ0n) is 4.82. The molecule has 44 valence electrons. The highest BCUT2D eigenvalue weighted by Gasteiger charge is 1.79. The highest BCUT2D eigenvalue weighted by atomic mass is 127. The van der Waals surface area contributed by atoms with Crippen molar-refractivity contribution < 1.29 is 0 Å². The van der Waals surface area contributed by atoms with Crippen molar-refractivity contribution in [2.24, 2.45) is 4.99 Å². The first-order chi connectivity index (χ1) is 3.66. The van der Waals surface area contributed by atoms with Gasteiger partial charge in [0.1, 0.15) is 0 Å². The lowest BCUT2D eigenvalue weighted by atomic mass is 10.4. The molecule has 0 aromatic rings. The van der Waals surface area contributed by atoms with Gasteiger partial charge in [0.2, 0.25) is 0 Å². The molecule has 0 radical (unpaired) electrons. The van der Waals surface area contributed by atoms with Crippen molar-refractivity contribution in [1.82, 2.24) is 0 Å². The molecule has 0 heterocycles. The third kappa shape index (κ3) is 4.05. The third-order valence-corrected chi connectivity index (χ3v) is 0.926. The topological polar surface area (TPSA) is 12.4 Å². The average molecular weight is 221 g/mol. The van der Waals surface area contributed by atoms with Gasteiger partial charge in [-0.2, -0.15) is 0 Å². The minimum Gasteiger partial charge on any atom is -0.269 e. The van der Waals surface area contributed by atoms with Gasteiger partial charge >= 0.3 is 0 Å². The van der Waals surface area contributed by atoms with E-state index in [1.165, 1.54) is 0 Å². The van der Waals surface area contributed by atoms with E-state index in [9.17, 15) is 0 Å². The van der Waals surface area contributed by atoms with Crippen molar-refractivity contribution >= 4 is 29.3 Å². The summed E-state index contributed by atoms with van der Waals surface area (Å²) in [6.07, 6.45) is 1.87. The number of rotatable bonds is 2. The van der Waals surface area contributed by atoms with Crippen LogP contribution in [0.3, 0.4) is 0 Å². The summed E-state index contributed by atoms with van der Waals surface area (Å²) in [5.41, 5.74) is 0.907. The van der Waals surface area contributed by atoms with E-state index in [0.717, 1.165) is 9.28 Å². The molecular formula is C6H8IN. The second-order valence-electron chi connectivity index (χ2n) is 1.39. The lowest BCUT2D eigenvalue weighted by molar-refractivity contribution is 1.33. The maximum atomic E-state index is 3.67. The largest absolute Gasteiger partial charge is 0.269 e. The fraction of sp³-hybridized carbons (Fsp3) is 0.167. The van der Waals surface area contributed by atoms with Crippen molar-refractivity contribution in [3.8, 4) is 0 Å². The first kappa shape index (κ1) is 7.88. The Morgan fingerprint density at radius 1 is 1.75 bits per heavy atom. The molecule has 0 rings (SSSR count). The van der Waals surface area contributed by atoms with Gasteiger partial charge in [-0.25, -0.2) is 0 Å². The van der Waals surface area contributed by atoms with Gasteiger partial charge in [-0.3, -0.25) is 4.99 Å². The van der Waals surface area contributed by atoms with Crippen LogP contribution in [0.25, 0.3) is 0 Å². The molecule has 0 aromatic heterocycles. The van der Waals surface area contributed by atoms with Crippen LogP contribution < -0.4 is 0 Å². The number of hydrogen-bond donors (Lipinski definition) is 0. The summed E-state index contributed by atoms with van der Waals surface area (Å²) in [6, 6.07) is 0. The first-order valence-electron chi connectivity index (χ1n) is 2.16. The fourth-order valence-electron chi connectivity index (χ4n) is 0.272. The zero-order chi connectivity index (χ0) is 6.57. The van der Waals surface area contributed by atoms with Crippen LogP contribution >= 0.6 is 22.6 Å². The van der Waals surface area contributed by atoms with Gasteiger partial charge in [0.05, 0.1) is 0 Å². The SMILES string of the molecule is C=N/C(C)=C\C(=C)I. The molecule has 0 bridgehead atoms. The molecule has 0 amide bonds. The first-order valence-corrected chi connectivity index (χ1v) is 3.24. The second kappa shape index (κ2) is 3.83. The van der Waals surface area contributed by atoms with Crippen LogP contribution in [0.15, 0.2) is 26.9 Å². The number of allylic oxidation sites excluding steroid dienone is 3. The maximum absolute atomic E-state index is 3.67. The lowest BCUT2D eigenvalue weighted by Crippen LogP contribution is -1.64. The smallest absolute Gasteiger partial charge is 0.0375 e. The molecule has 0 aliphatic carbocycles. The van der Waals surface area contributed by atoms with Gasteiger partial charge in [0.15, 0.2) is 0 Å². The summed E-state index contributed by atoms with van der Waals surface area (Å²) in [4.78, 5) is 3.67. The minimum absolute atomic E-state index is 0.907. The van der Waals surface area contributed by atoms with Crippen LogP contribution in [0.1, 0.15) is 6.92 Å². The van der Waals surface area contributed by atoms with Crippen LogP contribution in [0.5, 0.6) is 0 Å². The third-order valence-electron chi connectivity index (χ3n) is 0.615. The summed E-state index contributed by atoms with van der Waals surface area (Å²) in [5.74, 6) is 0. The predicted octanol–water partition coefficient (Wildman–Crippen LogP) is 2.54. The summed E-state index contributed by atoms with van der Waals surface area (Å²) < 4.78 is 0.979. The van der Waals surface area contributed by atoms with Crippen molar-refractivity contribution in [1.29, 1.82) is 0 Å². The molecular weight excluding hydrogens is 213 g/mol. The zero-order valence-corrected chi connectivity index (χ0v) is 6.97. The Bertz CT molecular complexity index is 135. The summed E-state index contributed by atoms with van der Waals surface area (Å²) in [7, 11) is 0. The normalized spacial score (nSPS) is 11.0. The van der Waals surface area contributed by atoms with E-state index in [0.29, 0.717) is 0 Å². The van der Waals surface area contributed by atoms with Gasteiger partial charge in [0.25, 0.3) is 0 Å². The summed E-state index contributed by atoms with van der Waals surface area (Å²) in [5, 5.41) is 0. The molecule has 0 aliphatic rings. The molecule has 8 heavy (non-hydrogen) atoms. The van der Waals surface area contributed by atoms with E-state index in [-0.39, 0.29) is 0 Å². The van der Waals surface area contributed by atoms with Crippen molar-refractivity contribution in [3.05, 3.63) is 21.9 Å². The van der Waals surface area contributed by atoms with E-state index in [2.05, 4.69) is 40.9 Å². The highest BCUT2D eigenvalue weighted by Crippen LogP contribution is 2.06. The van der Waals surface area contributed by atoms with E-state index >= 15 is 0 Å². The van der Waals surface area contributed by atoms with Gasteiger partial charge in [-0.15, -0.1) is 0 Å². The van der Waals surface area contributed by atoms with Gasteiger partial charge in [-0.05, 0) is 42.3 Å². The van der Waals surface area contributed by atoms with E-state index in [1.807, 2.05) is 13.0 Å². The molecule has 0 aromatic carbocycles. The van der Waals surface area contributed by atoms with Crippen molar-refractivity contribution in [3.63, 3.8) is 0 Å². The van der Waals surface area contributed by atoms with Crippen LogP contribution in [-0.4, -0.2) is 6.72 Å². The highest BCUT2D eigenvalue weighted by molar-refractivity contribution is 14.1. The van der Waals surface area contributed by atoms with Gasteiger partial charge < -0.3 is 0 Å². The Hall–Kier alpha value is -0.120. The van der Waals surface area contributed by atoms with Crippen molar-refractivity contribution in [2.75, 3.05) is 0 Å². The molecule has 0 saturated heterocycles. The Kier molecular flexibility index (Phi) is 3.77. The molecule has 0 saturated carbocycles. The quantitative estimate of drug-likeness (QED) is 0.386. The Morgan fingerprint density at radius 2 is 2.25 bits per heavy atom. The minimum atomic E-state index is 0.907. The number of nitrogens with zero attached hydrogens (tertiary/aromatic N) is 1. The molecule has 0 unspecified atom stereocenters. The molecule has 0 atom stereocenters. The maximum Gasteiger partial charge on any atom is 0.0375 e. The van der Waals surface area contributed by atoms with Crippen LogP contribution in [0, 0.1) is 0 Å². The molecule has 0 aliphatic heterocycles. The monoisotopic (exact) mass is 221 g/mol. The van der Waals surface area contributed by atoms with Gasteiger partial charge in [0, 0.05) is 9.28 Å². The van der Waals surface area contributed by atoms with E-state index in [4.69, 9.17) is 0 Å². The lowest BCUT2D eigenvalue weighted by Gasteiger charge is -1.85. The van der Waals surface area contributed by atoms with E-state index in [1.54, 1.807) is 0 Å². The standard InChI is InChI=1S/C6H8IN/c1-5(7)4-6(2)8-3/h4H,1,3H2,2H3/b6-4-. The van der Waals surface area contributed by atoms with Gasteiger partial charge in [-0.1, -0.05) is 6.58 Å². The van der Waals surface area contributed by atoms with Crippen molar-refractivity contribution in [2.45, 2.75) is 6.92 Å². The predicted molar refractivity (Wildman–Crippen MR) is 46.5 cm³/mol. The Balaban J connectivity index is 3.94. The molecule has 0 spiro atoms. The van der Waals surface area contributed by atoms with Crippen LogP contribution in [0.4, 0.5) is 0 Å². The van der Waals surface area contributed by atoms with Crippen LogP contribution in [0.2, 0.25) is 0 Å².